The fourth-order valence-corrected chi connectivity index (χ4v) is 3.77. The first-order valence-corrected chi connectivity index (χ1v) is 8.31. The number of anilines is 1. The molecule has 0 spiro atoms. The van der Waals surface area contributed by atoms with Gasteiger partial charge in [0.1, 0.15) is 16.9 Å². The van der Waals surface area contributed by atoms with Crippen LogP contribution in [0.4, 0.5) is 14.9 Å². The molecule has 23 heavy (non-hydrogen) atoms. The number of halogens is 1. The number of thioether (sulfide) groups is 1. The number of benzene rings is 2. The Labute approximate surface area is 138 Å². The Morgan fingerprint density at radius 1 is 1.26 bits per heavy atom. The van der Waals surface area contributed by atoms with Crippen LogP contribution in [0.3, 0.4) is 0 Å². The van der Waals surface area contributed by atoms with Crippen LogP contribution < -0.4 is 10.1 Å². The van der Waals surface area contributed by atoms with Crippen LogP contribution in [-0.4, -0.2) is 30.3 Å². The first-order chi connectivity index (χ1) is 11.2. The van der Waals surface area contributed by atoms with Gasteiger partial charge in [-0.15, -0.1) is 11.8 Å². The van der Waals surface area contributed by atoms with Crippen molar-refractivity contribution in [2.75, 3.05) is 24.7 Å². The summed E-state index contributed by atoms with van der Waals surface area (Å²) in [5, 5.41) is 2.78. The van der Waals surface area contributed by atoms with Crippen molar-refractivity contribution in [3.05, 3.63) is 59.9 Å². The van der Waals surface area contributed by atoms with E-state index in [2.05, 4.69) is 5.32 Å². The third kappa shape index (κ3) is 3.42. The highest BCUT2D eigenvalue weighted by molar-refractivity contribution is 7.99. The van der Waals surface area contributed by atoms with Crippen LogP contribution in [0.25, 0.3) is 0 Å². The van der Waals surface area contributed by atoms with E-state index in [0.717, 1.165) is 11.3 Å². The fourth-order valence-electron chi connectivity index (χ4n) is 2.52. The molecule has 1 heterocycles. The Balaban J connectivity index is 1.77. The molecule has 1 N–H and O–H groups in total. The normalized spacial score (nSPS) is 17.1. The Bertz CT molecular complexity index is 693. The van der Waals surface area contributed by atoms with Crippen molar-refractivity contribution in [1.82, 2.24) is 4.90 Å². The van der Waals surface area contributed by atoms with Crippen molar-refractivity contribution in [2.45, 2.75) is 5.37 Å². The molecular formula is C17H17FN2O2S. The first kappa shape index (κ1) is 15.7. The van der Waals surface area contributed by atoms with E-state index >= 15 is 0 Å². The van der Waals surface area contributed by atoms with Gasteiger partial charge in [0.25, 0.3) is 0 Å². The van der Waals surface area contributed by atoms with Gasteiger partial charge in [-0.1, -0.05) is 24.3 Å². The minimum atomic E-state index is -0.276. The zero-order chi connectivity index (χ0) is 16.2. The Hall–Kier alpha value is -2.21. The molecule has 0 radical (unpaired) electrons. The number of para-hydroxylation sites is 2. The highest BCUT2D eigenvalue weighted by Crippen LogP contribution is 2.38. The van der Waals surface area contributed by atoms with Crippen molar-refractivity contribution in [1.29, 1.82) is 0 Å². The molecule has 0 saturated carbocycles. The molecule has 1 aliphatic rings. The van der Waals surface area contributed by atoms with Crippen LogP contribution in [0.1, 0.15) is 10.9 Å². The molecule has 0 aromatic heterocycles. The van der Waals surface area contributed by atoms with E-state index in [-0.39, 0.29) is 17.2 Å². The predicted octanol–water partition coefficient (Wildman–Crippen LogP) is 4.11. The minimum absolute atomic E-state index is 0.106. The van der Waals surface area contributed by atoms with Crippen molar-refractivity contribution < 1.29 is 13.9 Å². The zero-order valence-corrected chi connectivity index (χ0v) is 13.5. The quantitative estimate of drug-likeness (QED) is 0.919. The van der Waals surface area contributed by atoms with E-state index in [1.807, 2.05) is 12.1 Å². The number of carbonyl (C=O) groups is 1. The number of methoxy groups -OCH3 is 1. The molecule has 6 heteroatoms. The lowest BCUT2D eigenvalue weighted by Gasteiger charge is -2.24. The topological polar surface area (TPSA) is 41.6 Å². The van der Waals surface area contributed by atoms with Crippen molar-refractivity contribution in [3.63, 3.8) is 0 Å². The van der Waals surface area contributed by atoms with Gasteiger partial charge < -0.3 is 15.0 Å². The van der Waals surface area contributed by atoms with Gasteiger partial charge in [-0.05, 0) is 29.8 Å². The molecule has 1 atom stereocenters. The maximum Gasteiger partial charge on any atom is 0.323 e. The molecule has 3 rings (SSSR count). The van der Waals surface area contributed by atoms with Gasteiger partial charge in [0.15, 0.2) is 0 Å². The van der Waals surface area contributed by atoms with Gasteiger partial charge in [-0.3, -0.25) is 0 Å². The van der Waals surface area contributed by atoms with Crippen LogP contribution in [0.15, 0.2) is 48.5 Å². The van der Waals surface area contributed by atoms with E-state index in [1.165, 1.54) is 12.1 Å². The van der Waals surface area contributed by atoms with Gasteiger partial charge in [-0.25, -0.2) is 9.18 Å². The number of ether oxygens (including phenoxy) is 1. The van der Waals surface area contributed by atoms with E-state index < -0.39 is 0 Å². The standard InChI is InChI=1S/C17H17FN2O2S/c1-22-15-5-3-2-4-14(15)19-17(21)20-10-11-23-16(20)12-6-8-13(18)9-7-12/h2-9,16H,10-11H2,1H3,(H,19,21). The summed E-state index contributed by atoms with van der Waals surface area (Å²) in [6.45, 7) is 0.647. The number of hydrogen-bond donors (Lipinski definition) is 1. The van der Waals surface area contributed by atoms with Gasteiger partial charge in [-0.2, -0.15) is 0 Å². The zero-order valence-electron chi connectivity index (χ0n) is 12.7. The molecule has 2 aromatic rings. The SMILES string of the molecule is COc1ccccc1NC(=O)N1CCSC1c1ccc(F)cc1. The summed E-state index contributed by atoms with van der Waals surface area (Å²) in [5.74, 6) is 1.19. The molecule has 1 unspecified atom stereocenters. The summed E-state index contributed by atoms with van der Waals surface area (Å²) >= 11 is 1.67. The maximum atomic E-state index is 13.1. The summed E-state index contributed by atoms with van der Waals surface area (Å²) in [6.07, 6.45) is 0. The lowest BCUT2D eigenvalue weighted by molar-refractivity contribution is 0.214. The van der Waals surface area contributed by atoms with Gasteiger partial charge in [0, 0.05) is 12.3 Å². The van der Waals surface area contributed by atoms with Crippen molar-refractivity contribution >= 4 is 23.5 Å². The van der Waals surface area contributed by atoms with Crippen LogP contribution >= 0.6 is 11.8 Å². The molecule has 0 aliphatic carbocycles. The Morgan fingerprint density at radius 3 is 2.74 bits per heavy atom. The molecular weight excluding hydrogens is 315 g/mol. The van der Waals surface area contributed by atoms with E-state index in [1.54, 1.807) is 48.0 Å². The lowest BCUT2D eigenvalue weighted by atomic mass is 10.2. The second-order valence-corrected chi connectivity index (χ2v) is 6.29. The molecule has 4 nitrogen and oxygen atoms in total. The van der Waals surface area contributed by atoms with Crippen molar-refractivity contribution in [3.8, 4) is 5.75 Å². The number of carbonyl (C=O) groups excluding carboxylic acids is 1. The third-order valence-electron chi connectivity index (χ3n) is 3.66. The second kappa shape index (κ2) is 6.91. The summed E-state index contributed by atoms with van der Waals surface area (Å²) in [4.78, 5) is 14.4. The van der Waals surface area contributed by atoms with Crippen molar-refractivity contribution in [2.24, 2.45) is 0 Å². The lowest BCUT2D eigenvalue weighted by Crippen LogP contribution is -2.34. The summed E-state index contributed by atoms with van der Waals surface area (Å²) in [7, 11) is 1.57. The monoisotopic (exact) mass is 332 g/mol. The van der Waals surface area contributed by atoms with Crippen LogP contribution in [-0.2, 0) is 0 Å². The molecule has 0 bridgehead atoms. The van der Waals surface area contributed by atoms with Crippen LogP contribution in [0.2, 0.25) is 0 Å². The summed E-state index contributed by atoms with van der Waals surface area (Å²) in [5.41, 5.74) is 1.55. The highest BCUT2D eigenvalue weighted by atomic mass is 32.2. The summed E-state index contributed by atoms with van der Waals surface area (Å²) in [6, 6.07) is 13.4. The third-order valence-corrected chi connectivity index (χ3v) is 4.92. The number of amides is 2. The number of hydrogen-bond acceptors (Lipinski definition) is 3. The largest absolute Gasteiger partial charge is 0.495 e. The number of urea groups is 1. The fraction of sp³-hybridized carbons (Fsp3) is 0.235. The highest BCUT2D eigenvalue weighted by Gasteiger charge is 2.31. The number of rotatable bonds is 3. The number of nitrogens with one attached hydrogen (secondary N) is 1. The van der Waals surface area contributed by atoms with E-state index in [9.17, 15) is 9.18 Å². The molecule has 1 saturated heterocycles. The molecule has 1 fully saturated rings. The van der Waals surface area contributed by atoms with E-state index in [4.69, 9.17) is 4.74 Å². The molecule has 1 aliphatic heterocycles. The van der Waals surface area contributed by atoms with Gasteiger partial charge in [0.2, 0.25) is 0 Å². The van der Waals surface area contributed by atoms with E-state index in [0.29, 0.717) is 18.0 Å². The average molecular weight is 332 g/mol. The Morgan fingerprint density at radius 2 is 2.00 bits per heavy atom. The van der Waals surface area contributed by atoms with Crippen LogP contribution in [0.5, 0.6) is 5.75 Å². The number of nitrogens with zero attached hydrogens (tertiary/aromatic N) is 1. The average Bonchev–Trinajstić information content (AvgIpc) is 3.06. The maximum absolute atomic E-state index is 13.1. The predicted molar refractivity (Wildman–Crippen MR) is 90.3 cm³/mol. The van der Waals surface area contributed by atoms with Gasteiger partial charge >= 0.3 is 6.03 Å². The molecule has 2 aromatic carbocycles. The summed E-state index contributed by atoms with van der Waals surface area (Å²) < 4.78 is 18.3. The minimum Gasteiger partial charge on any atom is -0.495 e. The first-order valence-electron chi connectivity index (χ1n) is 7.27. The van der Waals surface area contributed by atoms with Gasteiger partial charge in [0.05, 0.1) is 12.8 Å². The van der Waals surface area contributed by atoms with Crippen LogP contribution in [0, 0.1) is 5.82 Å². The second-order valence-electron chi connectivity index (χ2n) is 5.10. The molecule has 2 amide bonds. The molecule has 120 valence electrons. The smallest absolute Gasteiger partial charge is 0.323 e. The Kier molecular flexibility index (Phi) is 4.71.